The first kappa shape index (κ1) is 14.7. The van der Waals surface area contributed by atoms with Gasteiger partial charge in [0.05, 0.1) is 0 Å². The first-order valence-corrected chi connectivity index (χ1v) is 6.30. The van der Waals surface area contributed by atoms with Crippen LogP contribution in [0.4, 0.5) is 0 Å². The zero-order valence-electron chi connectivity index (χ0n) is 11.2. The molecule has 0 spiro atoms. The maximum Gasteiger partial charge on any atom is -0.0154 e. The van der Waals surface area contributed by atoms with Crippen molar-refractivity contribution in [3.05, 3.63) is 46.4 Å². The lowest BCUT2D eigenvalue weighted by atomic mass is 10.2. The van der Waals surface area contributed by atoms with E-state index in [1.807, 2.05) is 27.7 Å². The summed E-state index contributed by atoms with van der Waals surface area (Å²) in [6.45, 7) is 10.1. The summed E-state index contributed by atoms with van der Waals surface area (Å²) in [7, 11) is 0. The highest BCUT2D eigenvalue weighted by Crippen LogP contribution is 1.99. The summed E-state index contributed by atoms with van der Waals surface area (Å²) in [5.74, 6) is 0. The largest absolute Gasteiger partial charge is 0.0778 e. The number of allylic oxidation sites excluding steroid dienone is 2. The van der Waals surface area contributed by atoms with Crippen LogP contribution in [0.1, 0.15) is 41.0 Å². The summed E-state index contributed by atoms with van der Waals surface area (Å²) < 4.78 is 0. The van der Waals surface area contributed by atoms with Crippen LogP contribution in [0.25, 0.3) is 12.2 Å². The Kier molecular flexibility index (Phi) is 8.24. The SMILES string of the molecule is CC.CC.CC1=CCC=c2ccccc2=C1. The molecular formula is C16H24. The van der Waals surface area contributed by atoms with Gasteiger partial charge in [-0.3, -0.25) is 0 Å². The van der Waals surface area contributed by atoms with Gasteiger partial charge < -0.3 is 0 Å². The normalized spacial score (nSPS) is 11.9. The third-order valence-corrected chi connectivity index (χ3v) is 2.16. The van der Waals surface area contributed by atoms with Gasteiger partial charge in [0.1, 0.15) is 0 Å². The minimum atomic E-state index is 1.05. The van der Waals surface area contributed by atoms with Crippen LogP contribution in [0, 0.1) is 0 Å². The zero-order valence-corrected chi connectivity index (χ0v) is 11.2. The minimum Gasteiger partial charge on any atom is -0.0778 e. The highest BCUT2D eigenvalue weighted by Gasteiger charge is 1.89. The number of benzene rings is 1. The van der Waals surface area contributed by atoms with Crippen LogP contribution >= 0.6 is 0 Å². The van der Waals surface area contributed by atoms with Crippen LogP contribution < -0.4 is 10.4 Å². The van der Waals surface area contributed by atoms with Gasteiger partial charge in [-0.1, -0.05) is 75.8 Å². The molecule has 0 amide bonds. The van der Waals surface area contributed by atoms with Gasteiger partial charge in [-0.05, 0) is 23.8 Å². The molecule has 0 bridgehead atoms. The molecule has 0 saturated carbocycles. The molecule has 0 fully saturated rings. The Morgan fingerprint density at radius 2 is 1.38 bits per heavy atom. The van der Waals surface area contributed by atoms with Crippen molar-refractivity contribution >= 4 is 12.2 Å². The molecule has 0 radical (unpaired) electrons. The molecule has 0 aromatic heterocycles. The smallest absolute Gasteiger partial charge is 0.0154 e. The van der Waals surface area contributed by atoms with E-state index in [0.717, 1.165) is 6.42 Å². The van der Waals surface area contributed by atoms with Gasteiger partial charge in [0, 0.05) is 0 Å². The minimum absolute atomic E-state index is 1.05. The average molecular weight is 216 g/mol. The fraction of sp³-hybridized carbons (Fsp3) is 0.375. The van der Waals surface area contributed by atoms with Crippen molar-refractivity contribution in [2.75, 3.05) is 0 Å². The van der Waals surface area contributed by atoms with E-state index < -0.39 is 0 Å². The van der Waals surface area contributed by atoms with Crippen molar-refractivity contribution in [1.29, 1.82) is 0 Å². The molecule has 1 aliphatic rings. The quantitative estimate of drug-likeness (QED) is 0.621. The third kappa shape index (κ3) is 4.48. The van der Waals surface area contributed by atoms with Crippen LogP contribution in [0.2, 0.25) is 0 Å². The van der Waals surface area contributed by atoms with Crippen LogP contribution in [0.5, 0.6) is 0 Å². The molecule has 2 rings (SSSR count). The van der Waals surface area contributed by atoms with Gasteiger partial charge >= 0.3 is 0 Å². The molecular weight excluding hydrogens is 192 g/mol. The molecule has 0 nitrogen and oxygen atoms in total. The summed E-state index contributed by atoms with van der Waals surface area (Å²) in [6, 6.07) is 8.50. The van der Waals surface area contributed by atoms with Gasteiger partial charge in [0.15, 0.2) is 0 Å². The van der Waals surface area contributed by atoms with Crippen LogP contribution in [-0.2, 0) is 0 Å². The van der Waals surface area contributed by atoms with Crippen molar-refractivity contribution in [3.63, 3.8) is 0 Å². The Hall–Kier alpha value is -1.30. The third-order valence-electron chi connectivity index (χ3n) is 2.16. The van der Waals surface area contributed by atoms with Crippen molar-refractivity contribution in [1.82, 2.24) is 0 Å². The molecule has 0 aliphatic heterocycles. The summed E-state index contributed by atoms with van der Waals surface area (Å²) in [4.78, 5) is 0. The first-order valence-electron chi connectivity index (χ1n) is 6.30. The highest BCUT2D eigenvalue weighted by atomic mass is 13.9. The Bertz CT molecular complexity index is 422. The standard InChI is InChI=1S/C12H12.2C2H6/c1-10-5-4-8-11-6-2-3-7-12(11)9-10;2*1-2/h2-3,5-9H,4H2,1H3;2*1-2H3. The molecule has 1 aliphatic carbocycles. The number of fused-ring (bicyclic) bond motifs is 1. The average Bonchev–Trinajstić information content (AvgIpc) is 2.55. The fourth-order valence-electron chi connectivity index (χ4n) is 1.50. The highest BCUT2D eigenvalue weighted by molar-refractivity contribution is 5.50. The summed E-state index contributed by atoms with van der Waals surface area (Å²) >= 11 is 0. The zero-order chi connectivity index (χ0) is 12.4. The van der Waals surface area contributed by atoms with Crippen molar-refractivity contribution < 1.29 is 0 Å². The van der Waals surface area contributed by atoms with Gasteiger partial charge in [0.25, 0.3) is 0 Å². The van der Waals surface area contributed by atoms with Gasteiger partial charge in [-0.2, -0.15) is 0 Å². The van der Waals surface area contributed by atoms with Gasteiger partial charge in [-0.15, -0.1) is 0 Å². The van der Waals surface area contributed by atoms with E-state index in [-0.39, 0.29) is 0 Å². The molecule has 0 heteroatoms. The predicted molar refractivity (Wildman–Crippen MR) is 75.7 cm³/mol. The van der Waals surface area contributed by atoms with E-state index >= 15 is 0 Å². The number of hydrogen-bond acceptors (Lipinski definition) is 0. The molecule has 0 atom stereocenters. The van der Waals surface area contributed by atoms with Crippen molar-refractivity contribution in [2.24, 2.45) is 0 Å². The Balaban J connectivity index is 0.000000509. The van der Waals surface area contributed by atoms with Crippen LogP contribution in [-0.4, -0.2) is 0 Å². The molecule has 16 heavy (non-hydrogen) atoms. The topological polar surface area (TPSA) is 0 Å². The van der Waals surface area contributed by atoms with Gasteiger partial charge in [0.2, 0.25) is 0 Å². The predicted octanol–water partition coefficient (Wildman–Crippen LogP) is 3.65. The van der Waals surface area contributed by atoms with E-state index in [1.165, 1.54) is 16.0 Å². The molecule has 0 saturated heterocycles. The second-order valence-corrected chi connectivity index (χ2v) is 3.16. The number of hydrogen-bond donors (Lipinski definition) is 0. The van der Waals surface area contributed by atoms with Crippen LogP contribution in [0.3, 0.4) is 0 Å². The second kappa shape index (κ2) is 8.96. The maximum atomic E-state index is 2.27. The van der Waals surface area contributed by atoms with Crippen molar-refractivity contribution in [2.45, 2.75) is 41.0 Å². The Morgan fingerprint density at radius 3 is 2.00 bits per heavy atom. The molecule has 1 aromatic carbocycles. The lowest BCUT2D eigenvalue weighted by Crippen LogP contribution is -2.22. The summed E-state index contributed by atoms with van der Waals surface area (Å²) in [5, 5.41) is 2.69. The monoisotopic (exact) mass is 216 g/mol. The van der Waals surface area contributed by atoms with E-state index in [9.17, 15) is 0 Å². The van der Waals surface area contributed by atoms with E-state index in [4.69, 9.17) is 0 Å². The molecule has 1 aromatic rings. The lowest BCUT2D eigenvalue weighted by molar-refractivity contribution is 1.42. The van der Waals surface area contributed by atoms with Crippen molar-refractivity contribution in [3.8, 4) is 0 Å². The lowest BCUT2D eigenvalue weighted by Gasteiger charge is -1.87. The molecule has 0 heterocycles. The molecule has 0 unspecified atom stereocenters. The van der Waals surface area contributed by atoms with E-state index in [1.54, 1.807) is 0 Å². The molecule has 88 valence electrons. The Morgan fingerprint density at radius 1 is 0.812 bits per heavy atom. The van der Waals surface area contributed by atoms with Gasteiger partial charge in [-0.25, -0.2) is 0 Å². The van der Waals surface area contributed by atoms with E-state index in [0.29, 0.717) is 0 Å². The summed E-state index contributed by atoms with van der Waals surface area (Å²) in [5.41, 5.74) is 1.36. The fourth-order valence-corrected chi connectivity index (χ4v) is 1.50. The van der Waals surface area contributed by atoms with E-state index in [2.05, 4.69) is 49.4 Å². The molecule has 0 N–H and O–H groups in total. The first-order chi connectivity index (χ1) is 7.86. The second-order valence-electron chi connectivity index (χ2n) is 3.16. The maximum absolute atomic E-state index is 2.27. The Labute approximate surface area is 100 Å². The number of rotatable bonds is 0. The summed E-state index contributed by atoms with van der Waals surface area (Å²) in [6.07, 6.45) is 7.81. The van der Waals surface area contributed by atoms with Crippen LogP contribution in [0.15, 0.2) is 35.9 Å².